The average Bonchev–Trinajstić information content (AvgIpc) is 3.44. The molecule has 0 spiro atoms. The molecule has 1 N–H and O–H groups in total. The van der Waals surface area contributed by atoms with E-state index in [-0.39, 0.29) is 5.75 Å². The van der Waals surface area contributed by atoms with Crippen LogP contribution in [0.15, 0.2) is 140 Å². The molecule has 0 amide bonds. The third-order valence-corrected chi connectivity index (χ3v) is 9.56. The third kappa shape index (κ3) is 5.70. The summed E-state index contributed by atoms with van der Waals surface area (Å²) in [5, 5.41) is 11.0. The second kappa shape index (κ2) is 11.7. The van der Waals surface area contributed by atoms with E-state index in [0.29, 0.717) is 11.4 Å². The molecule has 5 aromatic carbocycles. The van der Waals surface area contributed by atoms with Gasteiger partial charge < -0.3 is 5.11 Å². The molecule has 0 atom stereocenters. The summed E-state index contributed by atoms with van der Waals surface area (Å²) in [6.07, 6.45) is 1.93. The summed E-state index contributed by atoms with van der Waals surface area (Å²) in [5.41, 5.74) is 11.2. The van der Waals surface area contributed by atoms with E-state index in [1.54, 1.807) is 6.07 Å². The summed E-state index contributed by atoms with van der Waals surface area (Å²) in [5.74, 6) is 0.884. The Labute approximate surface area is 265 Å². The molecule has 0 saturated carbocycles. The van der Waals surface area contributed by atoms with Crippen LogP contribution < -0.4 is 0 Å². The number of phenolic OH excluding ortho intramolecular Hbond substituents is 1. The Morgan fingerprint density at radius 1 is 0.622 bits per heavy atom. The van der Waals surface area contributed by atoms with E-state index in [0.717, 1.165) is 56.3 Å². The van der Waals surface area contributed by atoms with Crippen molar-refractivity contribution in [3.63, 3.8) is 0 Å². The average molecular weight is 602 g/mol. The maximum Gasteiger partial charge on any atom is 0.149 e. The number of phenols is 1. The van der Waals surface area contributed by atoms with Crippen molar-refractivity contribution in [3.8, 4) is 56.3 Å². The van der Waals surface area contributed by atoms with Gasteiger partial charge in [0, 0.05) is 31.0 Å². The van der Waals surface area contributed by atoms with Crippen LogP contribution in [0.3, 0.4) is 0 Å². The molecule has 0 unspecified atom stereocenters. The first-order chi connectivity index (χ1) is 21.9. The highest BCUT2D eigenvalue weighted by Crippen LogP contribution is 2.40. The second-order valence-electron chi connectivity index (χ2n) is 12.7. The van der Waals surface area contributed by atoms with Crippen LogP contribution >= 0.6 is 0 Å². The summed E-state index contributed by atoms with van der Waals surface area (Å²) in [6, 6.07) is 46.6. The van der Waals surface area contributed by atoms with Crippen LogP contribution in [0, 0.1) is 0 Å². The zero-order chi connectivity index (χ0) is 31.0. The van der Waals surface area contributed by atoms with Gasteiger partial charge in [-0.05, 0) is 65.2 Å². The maximum absolute atomic E-state index is 11.0. The standard InChI is InChI=1S/C40H35N3OSi/c1-45(2,3)27-28-23-24-41-35(25-28)31-16-11-15-30(26-31)33-19-12-21-37-39(33)42-40(34-18-8-10-22-38(34)44)43(37)36-20-9-7-17-32(36)29-13-5-4-6-14-29/h4-26,44H,27H2,1-3H3. The van der Waals surface area contributed by atoms with Crippen LogP contribution in [0.2, 0.25) is 19.6 Å². The van der Waals surface area contributed by atoms with Crippen LogP contribution in [0.4, 0.5) is 0 Å². The second-order valence-corrected chi connectivity index (χ2v) is 18.2. The topological polar surface area (TPSA) is 50.9 Å². The molecule has 0 aliphatic rings. The van der Waals surface area contributed by atoms with Gasteiger partial charge >= 0.3 is 0 Å². The van der Waals surface area contributed by atoms with Gasteiger partial charge in [0.1, 0.15) is 11.6 Å². The third-order valence-electron chi connectivity index (χ3n) is 8.09. The normalized spacial score (nSPS) is 11.6. The highest BCUT2D eigenvalue weighted by atomic mass is 28.3. The molecule has 0 saturated heterocycles. The lowest BCUT2D eigenvalue weighted by molar-refractivity contribution is 0.477. The first-order valence-corrected chi connectivity index (χ1v) is 19.1. The van der Waals surface area contributed by atoms with Gasteiger partial charge in [-0.15, -0.1) is 0 Å². The molecule has 0 bridgehead atoms. The molecule has 220 valence electrons. The predicted octanol–water partition coefficient (Wildman–Crippen LogP) is 10.2. The summed E-state index contributed by atoms with van der Waals surface area (Å²) < 4.78 is 2.18. The van der Waals surface area contributed by atoms with Gasteiger partial charge in [-0.25, -0.2) is 4.98 Å². The quantitative estimate of drug-likeness (QED) is 0.185. The lowest BCUT2D eigenvalue weighted by atomic mass is 9.99. The van der Waals surface area contributed by atoms with Gasteiger partial charge in [-0.2, -0.15) is 0 Å². The Balaban J connectivity index is 1.43. The van der Waals surface area contributed by atoms with Crippen molar-refractivity contribution < 1.29 is 5.11 Å². The highest BCUT2D eigenvalue weighted by molar-refractivity contribution is 6.75. The van der Waals surface area contributed by atoms with Crippen LogP contribution in [0.1, 0.15) is 5.56 Å². The molecule has 4 nitrogen and oxygen atoms in total. The summed E-state index contributed by atoms with van der Waals surface area (Å²) in [4.78, 5) is 10.0. The smallest absolute Gasteiger partial charge is 0.149 e. The van der Waals surface area contributed by atoms with Crippen LogP contribution in [0.5, 0.6) is 5.75 Å². The fourth-order valence-corrected chi connectivity index (χ4v) is 7.60. The minimum absolute atomic E-state index is 0.194. The van der Waals surface area contributed by atoms with Gasteiger partial charge in [0.2, 0.25) is 0 Å². The van der Waals surface area contributed by atoms with Crippen molar-refractivity contribution in [2.75, 3.05) is 0 Å². The van der Waals surface area contributed by atoms with E-state index in [2.05, 4.69) is 127 Å². The number of imidazole rings is 1. The number of aromatic nitrogens is 3. The predicted molar refractivity (Wildman–Crippen MR) is 189 cm³/mol. The molecule has 5 heteroatoms. The number of pyridine rings is 1. The number of rotatable bonds is 7. The van der Waals surface area contributed by atoms with E-state index >= 15 is 0 Å². The van der Waals surface area contributed by atoms with Crippen LogP contribution in [-0.4, -0.2) is 27.7 Å². The van der Waals surface area contributed by atoms with Gasteiger partial charge in [-0.1, -0.05) is 111 Å². The monoisotopic (exact) mass is 601 g/mol. The summed E-state index contributed by atoms with van der Waals surface area (Å²) in [7, 11) is -1.26. The molecule has 45 heavy (non-hydrogen) atoms. The fraction of sp³-hybridized carbons (Fsp3) is 0.100. The van der Waals surface area contributed by atoms with Crippen LogP contribution in [-0.2, 0) is 6.04 Å². The lowest BCUT2D eigenvalue weighted by Crippen LogP contribution is -2.23. The molecule has 2 aromatic heterocycles. The van der Waals surface area contributed by atoms with Gasteiger partial charge in [0.05, 0.1) is 28.0 Å². The SMILES string of the molecule is C[Si](C)(C)Cc1ccnc(-c2cccc(-c3cccc4c3nc(-c3ccccc3O)n4-c3ccccc3-c3ccccc3)c2)c1. The molecule has 0 fully saturated rings. The maximum atomic E-state index is 11.0. The minimum atomic E-state index is -1.26. The van der Waals surface area contributed by atoms with E-state index in [1.807, 2.05) is 30.5 Å². The van der Waals surface area contributed by atoms with Crippen molar-refractivity contribution in [1.82, 2.24) is 14.5 Å². The Bertz CT molecular complexity index is 2140. The number of hydrogen-bond acceptors (Lipinski definition) is 3. The molecular weight excluding hydrogens is 567 g/mol. The number of benzene rings is 5. The zero-order valence-corrected chi connectivity index (χ0v) is 26.8. The largest absolute Gasteiger partial charge is 0.507 e. The van der Waals surface area contributed by atoms with E-state index in [1.165, 1.54) is 5.56 Å². The molecule has 7 rings (SSSR count). The molecule has 0 aliphatic carbocycles. The number of nitrogens with zero attached hydrogens (tertiary/aromatic N) is 3. The number of aromatic hydroxyl groups is 1. The Kier molecular flexibility index (Phi) is 7.40. The van der Waals surface area contributed by atoms with Crippen molar-refractivity contribution in [1.29, 1.82) is 0 Å². The van der Waals surface area contributed by atoms with E-state index in [4.69, 9.17) is 9.97 Å². The van der Waals surface area contributed by atoms with Gasteiger partial charge in [0.25, 0.3) is 0 Å². The number of hydrogen-bond donors (Lipinski definition) is 1. The molecule has 2 heterocycles. The Hall–Kier alpha value is -5.26. The van der Waals surface area contributed by atoms with Crippen LogP contribution in [0.25, 0.3) is 61.6 Å². The number of fused-ring (bicyclic) bond motifs is 1. The van der Waals surface area contributed by atoms with E-state index in [9.17, 15) is 5.11 Å². The van der Waals surface area contributed by atoms with Crippen molar-refractivity contribution in [2.24, 2.45) is 0 Å². The van der Waals surface area contributed by atoms with Crippen molar-refractivity contribution in [3.05, 3.63) is 145 Å². The Morgan fingerprint density at radius 3 is 2.09 bits per heavy atom. The Morgan fingerprint density at radius 2 is 1.29 bits per heavy atom. The summed E-state index contributed by atoms with van der Waals surface area (Å²) >= 11 is 0. The first kappa shape index (κ1) is 28.5. The molecular formula is C40H35N3OSi. The van der Waals surface area contributed by atoms with Crippen molar-refractivity contribution in [2.45, 2.75) is 25.7 Å². The zero-order valence-electron chi connectivity index (χ0n) is 25.8. The lowest BCUT2D eigenvalue weighted by Gasteiger charge is -2.16. The first-order valence-electron chi connectivity index (χ1n) is 15.4. The number of para-hydroxylation sites is 3. The minimum Gasteiger partial charge on any atom is -0.507 e. The highest BCUT2D eigenvalue weighted by Gasteiger charge is 2.21. The van der Waals surface area contributed by atoms with Gasteiger partial charge in [0.15, 0.2) is 0 Å². The molecule has 0 radical (unpaired) electrons. The van der Waals surface area contributed by atoms with E-state index < -0.39 is 8.07 Å². The molecule has 0 aliphatic heterocycles. The van der Waals surface area contributed by atoms with Crippen molar-refractivity contribution >= 4 is 19.1 Å². The molecule has 7 aromatic rings. The fourth-order valence-electron chi connectivity index (χ4n) is 6.15. The summed E-state index contributed by atoms with van der Waals surface area (Å²) in [6.45, 7) is 7.19. The van der Waals surface area contributed by atoms with Gasteiger partial charge in [-0.3, -0.25) is 9.55 Å².